The maximum Gasteiger partial charge on any atom is 0.224 e. The Labute approximate surface area is 195 Å². The van der Waals surface area contributed by atoms with Crippen LogP contribution in [0.3, 0.4) is 0 Å². The van der Waals surface area contributed by atoms with Crippen LogP contribution in [0.5, 0.6) is 5.75 Å². The highest BCUT2D eigenvalue weighted by atomic mass is 16.5. The lowest BCUT2D eigenvalue weighted by molar-refractivity contribution is -0.120. The third-order valence-electron chi connectivity index (χ3n) is 6.58. The van der Waals surface area contributed by atoms with Gasteiger partial charge in [-0.1, -0.05) is 12.1 Å². The maximum atomic E-state index is 12.5. The number of nitrogens with one attached hydrogen (secondary N) is 1. The number of aromatic nitrogens is 3. The molecule has 1 aliphatic rings. The zero-order chi connectivity index (χ0) is 23.2. The Morgan fingerprint density at radius 1 is 1.09 bits per heavy atom. The van der Waals surface area contributed by atoms with Gasteiger partial charge in [-0.3, -0.25) is 9.78 Å². The largest absolute Gasteiger partial charge is 0.496 e. The third kappa shape index (κ3) is 5.75. The van der Waals surface area contributed by atoms with Gasteiger partial charge in [-0.05, 0) is 80.3 Å². The average Bonchev–Trinajstić information content (AvgIpc) is 2.84. The zero-order valence-electron chi connectivity index (χ0n) is 19.7. The normalized spacial score (nSPS) is 18.0. The lowest BCUT2D eigenvalue weighted by Crippen LogP contribution is -2.32. The summed E-state index contributed by atoms with van der Waals surface area (Å²) in [6.45, 7) is 4.68. The molecule has 1 aromatic carbocycles. The molecule has 1 saturated carbocycles. The van der Waals surface area contributed by atoms with E-state index in [1.165, 1.54) is 0 Å². The molecule has 33 heavy (non-hydrogen) atoms. The van der Waals surface area contributed by atoms with Crippen molar-refractivity contribution in [1.82, 2.24) is 20.3 Å². The van der Waals surface area contributed by atoms with Gasteiger partial charge in [0.15, 0.2) is 0 Å². The number of aryl methyl sites for hydroxylation is 2. The van der Waals surface area contributed by atoms with Crippen LogP contribution in [-0.4, -0.2) is 34.5 Å². The standard InChI is InChI=1S/C27H32N4O2/c1-18-14-21(6-9-25(18)33-3)15-26(32)30-16-20-4-7-23(8-5-20)27-24(17-29-19(2)31-27)22-10-12-28-13-11-22/h6,9-14,17,20,23H,4-5,7-8,15-16H2,1-3H3,(H,30,32). The van der Waals surface area contributed by atoms with Gasteiger partial charge >= 0.3 is 0 Å². The van der Waals surface area contributed by atoms with Crippen molar-refractivity contribution in [3.05, 3.63) is 71.6 Å². The Hall–Kier alpha value is -3.28. The number of benzene rings is 1. The van der Waals surface area contributed by atoms with Crippen molar-refractivity contribution < 1.29 is 9.53 Å². The first-order chi connectivity index (χ1) is 16.0. The molecule has 2 heterocycles. The molecule has 172 valence electrons. The van der Waals surface area contributed by atoms with Crippen molar-refractivity contribution in [1.29, 1.82) is 0 Å². The number of hydrogen-bond acceptors (Lipinski definition) is 5. The lowest BCUT2D eigenvalue weighted by Gasteiger charge is -2.29. The fourth-order valence-corrected chi connectivity index (χ4v) is 4.75. The molecule has 0 saturated heterocycles. The van der Waals surface area contributed by atoms with Gasteiger partial charge in [0, 0.05) is 36.6 Å². The highest BCUT2D eigenvalue weighted by Crippen LogP contribution is 2.38. The molecule has 0 bridgehead atoms. The molecule has 6 nitrogen and oxygen atoms in total. The average molecular weight is 445 g/mol. The predicted molar refractivity (Wildman–Crippen MR) is 129 cm³/mol. The highest BCUT2D eigenvalue weighted by Gasteiger charge is 2.26. The van der Waals surface area contributed by atoms with E-state index in [-0.39, 0.29) is 5.91 Å². The van der Waals surface area contributed by atoms with E-state index in [0.29, 0.717) is 18.3 Å². The molecule has 0 spiro atoms. The van der Waals surface area contributed by atoms with Crippen molar-refractivity contribution >= 4 is 5.91 Å². The number of carbonyl (C=O) groups excluding carboxylic acids is 1. The minimum atomic E-state index is 0.0769. The van der Waals surface area contributed by atoms with Gasteiger partial charge in [-0.2, -0.15) is 0 Å². The van der Waals surface area contributed by atoms with Gasteiger partial charge < -0.3 is 10.1 Å². The SMILES string of the molecule is COc1ccc(CC(=O)NCC2CCC(c3nc(C)ncc3-c3ccncc3)CC2)cc1C. The Balaban J connectivity index is 1.31. The fourth-order valence-electron chi connectivity index (χ4n) is 4.75. The second-order valence-electron chi connectivity index (χ2n) is 8.95. The maximum absolute atomic E-state index is 12.5. The zero-order valence-corrected chi connectivity index (χ0v) is 19.7. The topological polar surface area (TPSA) is 77.0 Å². The molecule has 0 unspecified atom stereocenters. The number of amides is 1. The summed E-state index contributed by atoms with van der Waals surface area (Å²) in [4.78, 5) is 25.9. The van der Waals surface area contributed by atoms with Crippen molar-refractivity contribution in [3.63, 3.8) is 0 Å². The summed E-state index contributed by atoms with van der Waals surface area (Å²) in [6, 6.07) is 9.94. The first kappa shape index (κ1) is 22.9. The Morgan fingerprint density at radius 2 is 1.85 bits per heavy atom. The van der Waals surface area contributed by atoms with E-state index in [4.69, 9.17) is 9.72 Å². The van der Waals surface area contributed by atoms with E-state index >= 15 is 0 Å². The fraction of sp³-hybridized carbons (Fsp3) is 0.407. The molecule has 6 heteroatoms. The van der Waals surface area contributed by atoms with Crippen LogP contribution in [0.2, 0.25) is 0 Å². The molecule has 3 aromatic rings. The molecule has 1 fully saturated rings. The quantitative estimate of drug-likeness (QED) is 0.567. The number of hydrogen-bond donors (Lipinski definition) is 1. The number of rotatable bonds is 7. The number of pyridine rings is 1. The Bertz CT molecular complexity index is 1090. The van der Waals surface area contributed by atoms with Gasteiger partial charge in [0.25, 0.3) is 0 Å². The van der Waals surface area contributed by atoms with Crippen LogP contribution in [0.4, 0.5) is 0 Å². The van der Waals surface area contributed by atoms with Crippen LogP contribution in [0.15, 0.2) is 48.9 Å². The van der Waals surface area contributed by atoms with E-state index in [1.54, 1.807) is 7.11 Å². The molecule has 0 atom stereocenters. The Morgan fingerprint density at radius 3 is 2.55 bits per heavy atom. The van der Waals surface area contributed by atoms with E-state index in [2.05, 4.69) is 15.3 Å². The first-order valence-electron chi connectivity index (χ1n) is 11.7. The lowest BCUT2D eigenvalue weighted by atomic mass is 9.79. The molecule has 1 N–H and O–H groups in total. The van der Waals surface area contributed by atoms with Crippen LogP contribution in [-0.2, 0) is 11.2 Å². The Kier molecular flexibility index (Phi) is 7.33. The minimum Gasteiger partial charge on any atom is -0.496 e. The minimum absolute atomic E-state index is 0.0769. The van der Waals surface area contributed by atoms with Gasteiger partial charge in [0.1, 0.15) is 11.6 Å². The molecule has 1 aliphatic carbocycles. The van der Waals surface area contributed by atoms with Crippen LogP contribution in [0.25, 0.3) is 11.1 Å². The van der Waals surface area contributed by atoms with Gasteiger partial charge in [-0.25, -0.2) is 9.97 Å². The molecular weight excluding hydrogens is 412 g/mol. The van der Waals surface area contributed by atoms with E-state index < -0.39 is 0 Å². The van der Waals surface area contributed by atoms with E-state index in [9.17, 15) is 4.79 Å². The third-order valence-corrected chi connectivity index (χ3v) is 6.58. The molecule has 0 radical (unpaired) electrons. The van der Waals surface area contributed by atoms with Gasteiger partial charge in [0.05, 0.1) is 19.2 Å². The molecule has 0 aliphatic heterocycles. The summed E-state index contributed by atoms with van der Waals surface area (Å²) in [6.07, 6.45) is 10.3. The predicted octanol–water partition coefficient (Wildman–Crippen LogP) is 4.80. The van der Waals surface area contributed by atoms with Gasteiger partial charge in [0.2, 0.25) is 5.91 Å². The summed E-state index contributed by atoms with van der Waals surface area (Å²) < 4.78 is 5.30. The number of methoxy groups -OCH3 is 1. The highest BCUT2D eigenvalue weighted by molar-refractivity contribution is 5.78. The molecule has 4 rings (SSSR count). The number of carbonyl (C=O) groups is 1. The summed E-state index contributed by atoms with van der Waals surface area (Å²) in [7, 11) is 1.66. The monoisotopic (exact) mass is 444 g/mol. The van der Waals surface area contributed by atoms with Crippen molar-refractivity contribution in [2.75, 3.05) is 13.7 Å². The van der Waals surface area contributed by atoms with Crippen molar-refractivity contribution in [2.45, 2.75) is 51.9 Å². The second kappa shape index (κ2) is 10.6. The smallest absolute Gasteiger partial charge is 0.224 e. The van der Waals surface area contributed by atoms with E-state index in [0.717, 1.165) is 71.7 Å². The number of ether oxygens (including phenoxy) is 1. The van der Waals surface area contributed by atoms with Crippen LogP contribution < -0.4 is 10.1 Å². The molecular formula is C27H32N4O2. The summed E-state index contributed by atoms with van der Waals surface area (Å²) in [5.74, 6) is 2.67. The van der Waals surface area contributed by atoms with Crippen LogP contribution in [0, 0.1) is 19.8 Å². The van der Waals surface area contributed by atoms with E-state index in [1.807, 2.05) is 62.8 Å². The molecule has 1 amide bonds. The van der Waals surface area contributed by atoms with Crippen molar-refractivity contribution in [2.24, 2.45) is 5.92 Å². The van der Waals surface area contributed by atoms with Crippen molar-refractivity contribution in [3.8, 4) is 16.9 Å². The second-order valence-corrected chi connectivity index (χ2v) is 8.95. The molecule has 2 aromatic heterocycles. The summed E-state index contributed by atoms with van der Waals surface area (Å²) in [5.41, 5.74) is 5.42. The number of nitrogens with zero attached hydrogens (tertiary/aromatic N) is 3. The summed E-state index contributed by atoms with van der Waals surface area (Å²) in [5, 5.41) is 3.15. The first-order valence-corrected chi connectivity index (χ1v) is 11.7. The van der Waals surface area contributed by atoms with Crippen LogP contribution in [0.1, 0.15) is 54.2 Å². The van der Waals surface area contributed by atoms with Crippen LogP contribution >= 0.6 is 0 Å². The van der Waals surface area contributed by atoms with Gasteiger partial charge in [-0.15, -0.1) is 0 Å². The summed E-state index contributed by atoms with van der Waals surface area (Å²) >= 11 is 0.